The van der Waals surface area contributed by atoms with E-state index < -0.39 is 14.0 Å². The Morgan fingerprint density at radius 1 is 1.35 bits per heavy atom. The molecule has 1 heterocycles. The van der Waals surface area contributed by atoms with Gasteiger partial charge in [-0.15, -0.1) is 0 Å². The van der Waals surface area contributed by atoms with Crippen LogP contribution in [0, 0.1) is 11.3 Å². The van der Waals surface area contributed by atoms with Crippen LogP contribution < -0.4 is 5.32 Å². The second-order valence-electron chi connectivity index (χ2n) is 7.66. The predicted molar refractivity (Wildman–Crippen MR) is 74.1 cm³/mol. The van der Waals surface area contributed by atoms with E-state index in [2.05, 4.69) is 45.7 Å². The van der Waals surface area contributed by atoms with Crippen molar-refractivity contribution in [3.05, 3.63) is 0 Å². The second kappa shape index (κ2) is 4.73. The van der Waals surface area contributed by atoms with Crippen molar-refractivity contribution < 1.29 is 9.90 Å². The molecule has 3 nitrogen and oxygen atoms in total. The van der Waals surface area contributed by atoms with Crippen LogP contribution in [0.25, 0.3) is 0 Å². The van der Waals surface area contributed by atoms with Crippen molar-refractivity contribution in [2.75, 3.05) is 0 Å². The van der Waals surface area contributed by atoms with Crippen LogP contribution in [0.3, 0.4) is 0 Å². The summed E-state index contributed by atoms with van der Waals surface area (Å²) in [7, 11) is -1.20. The summed E-state index contributed by atoms with van der Waals surface area (Å²) < 4.78 is 0. The molecule has 2 N–H and O–H groups in total. The van der Waals surface area contributed by atoms with E-state index in [9.17, 15) is 9.90 Å². The zero-order valence-corrected chi connectivity index (χ0v) is 13.0. The van der Waals surface area contributed by atoms with Crippen molar-refractivity contribution in [3.63, 3.8) is 0 Å². The van der Waals surface area contributed by atoms with Crippen molar-refractivity contribution in [2.45, 2.75) is 65.0 Å². The molecular formula is C13H27NO2Si. The van der Waals surface area contributed by atoms with Gasteiger partial charge < -0.3 is 10.4 Å². The monoisotopic (exact) mass is 257 g/mol. The van der Waals surface area contributed by atoms with Gasteiger partial charge in [-0.2, -0.15) is 0 Å². The second-order valence-corrected chi connectivity index (χ2v) is 13.2. The standard InChI is InChI=1S/C13H27NO2Si/c1-13(2,3)10-7-9(8-17(4,5)6)11(14-10)12(15)16/h9-11,14H,7-8H2,1-6H3,(H,15,16)/t9-,10+,11+/m1/s1. The Balaban J connectivity index is 2.78. The molecule has 0 radical (unpaired) electrons. The molecule has 1 fully saturated rings. The summed E-state index contributed by atoms with van der Waals surface area (Å²) in [4.78, 5) is 11.3. The van der Waals surface area contributed by atoms with E-state index >= 15 is 0 Å². The van der Waals surface area contributed by atoms with Crippen molar-refractivity contribution >= 4 is 14.0 Å². The highest BCUT2D eigenvalue weighted by Crippen LogP contribution is 2.36. The Morgan fingerprint density at radius 3 is 2.24 bits per heavy atom. The van der Waals surface area contributed by atoms with Crippen LogP contribution in [0.4, 0.5) is 0 Å². The minimum atomic E-state index is -1.20. The maximum atomic E-state index is 11.3. The number of nitrogens with one attached hydrogen (secondary N) is 1. The summed E-state index contributed by atoms with van der Waals surface area (Å²) in [6, 6.07) is 1.08. The zero-order chi connectivity index (χ0) is 13.4. The third-order valence-corrected chi connectivity index (χ3v) is 5.33. The highest BCUT2D eigenvalue weighted by atomic mass is 28.3. The molecule has 0 amide bonds. The third-order valence-electron chi connectivity index (χ3n) is 3.58. The predicted octanol–water partition coefficient (Wildman–Crippen LogP) is 2.80. The SMILES string of the molecule is CC(C)(C)[C@@H]1C[C@H](C[Si](C)(C)C)[C@@H](C(=O)O)N1. The summed E-state index contributed by atoms with van der Waals surface area (Å²) in [5.74, 6) is -0.372. The van der Waals surface area contributed by atoms with Crippen LogP contribution in [0.2, 0.25) is 25.7 Å². The summed E-state index contributed by atoms with van der Waals surface area (Å²) >= 11 is 0. The van der Waals surface area contributed by atoms with Crippen LogP contribution in [-0.2, 0) is 4.79 Å². The van der Waals surface area contributed by atoms with E-state index in [1.54, 1.807) is 0 Å². The number of hydrogen-bond acceptors (Lipinski definition) is 2. The van der Waals surface area contributed by atoms with Gasteiger partial charge in [0.15, 0.2) is 0 Å². The van der Waals surface area contributed by atoms with Crippen molar-refractivity contribution in [1.29, 1.82) is 0 Å². The number of carboxylic acid groups (broad SMARTS) is 1. The lowest BCUT2D eigenvalue weighted by atomic mass is 9.84. The van der Waals surface area contributed by atoms with Crippen LogP contribution in [0.15, 0.2) is 0 Å². The van der Waals surface area contributed by atoms with Gasteiger partial charge in [0.2, 0.25) is 0 Å². The van der Waals surface area contributed by atoms with Crippen molar-refractivity contribution in [1.82, 2.24) is 5.32 Å². The van der Waals surface area contributed by atoms with Gasteiger partial charge >= 0.3 is 5.97 Å². The first-order valence-electron chi connectivity index (χ1n) is 6.49. The third kappa shape index (κ3) is 4.10. The molecule has 0 bridgehead atoms. The average molecular weight is 257 g/mol. The Bertz CT molecular complexity index is 291. The Kier molecular flexibility index (Phi) is 4.09. The first-order valence-corrected chi connectivity index (χ1v) is 10.2. The maximum absolute atomic E-state index is 11.3. The number of hydrogen-bond donors (Lipinski definition) is 2. The molecule has 0 aromatic rings. The number of carbonyl (C=O) groups is 1. The highest BCUT2D eigenvalue weighted by Gasteiger charge is 2.43. The van der Waals surface area contributed by atoms with Crippen LogP contribution >= 0.6 is 0 Å². The van der Waals surface area contributed by atoms with Crippen LogP contribution in [0.5, 0.6) is 0 Å². The molecule has 1 aliphatic rings. The van der Waals surface area contributed by atoms with Crippen molar-refractivity contribution in [3.8, 4) is 0 Å². The summed E-state index contributed by atoms with van der Waals surface area (Å²) in [5.41, 5.74) is 0.141. The van der Waals surface area contributed by atoms with Gasteiger partial charge in [-0.05, 0) is 17.8 Å². The van der Waals surface area contributed by atoms with Gasteiger partial charge in [-0.1, -0.05) is 46.5 Å². The Morgan fingerprint density at radius 2 is 1.88 bits per heavy atom. The van der Waals surface area contributed by atoms with Crippen LogP contribution in [-0.4, -0.2) is 31.2 Å². The summed E-state index contributed by atoms with van der Waals surface area (Å²) in [5, 5.41) is 12.6. The molecular weight excluding hydrogens is 230 g/mol. The van der Waals surface area contributed by atoms with E-state index in [0.717, 1.165) is 12.5 Å². The van der Waals surface area contributed by atoms with Gasteiger partial charge in [-0.25, -0.2) is 0 Å². The topological polar surface area (TPSA) is 49.3 Å². The van der Waals surface area contributed by atoms with E-state index in [1.807, 2.05) is 0 Å². The lowest BCUT2D eigenvalue weighted by Crippen LogP contribution is -2.43. The van der Waals surface area contributed by atoms with E-state index in [-0.39, 0.29) is 11.5 Å². The first-order chi connectivity index (χ1) is 7.50. The maximum Gasteiger partial charge on any atom is 0.320 e. The summed E-state index contributed by atoms with van der Waals surface area (Å²) in [6.45, 7) is 13.5. The van der Waals surface area contributed by atoms with Gasteiger partial charge in [0.05, 0.1) is 0 Å². The number of rotatable bonds is 3. The summed E-state index contributed by atoms with van der Waals surface area (Å²) in [6.07, 6.45) is 1.00. The molecule has 0 aromatic carbocycles. The molecule has 0 aliphatic carbocycles. The average Bonchev–Trinajstić information content (AvgIpc) is 2.43. The van der Waals surface area contributed by atoms with Crippen molar-refractivity contribution in [2.24, 2.45) is 11.3 Å². The van der Waals surface area contributed by atoms with Gasteiger partial charge in [-0.3, -0.25) is 4.79 Å². The lowest BCUT2D eigenvalue weighted by molar-refractivity contribution is -0.140. The normalized spacial score (nSPS) is 30.6. The molecule has 1 rings (SSSR count). The molecule has 0 saturated carbocycles. The molecule has 0 aromatic heterocycles. The fourth-order valence-electron chi connectivity index (χ4n) is 2.72. The van der Waals surface area contributed by atoms with E-state index in [0.29, 0.717) is 12.0 Å². The fraction of sp³-hybridized carbons (Fsp3) is 0.923. The van der Waals surface area contributed by atoms with E-state index in [4.69, 9.17) is 0 Å². The molecule has 3 atom stereocenters. The quantitative estimate of drug-likeness (QED) is 0.764. The first kappa shape index (κ1) is 14.7. The lowest BCUT2D eigenvalue weighted by Gasteiger charge is -2.27. The molecule has 1 saturated heterocycles. The smallest absolute Gasteiger partial charge is 0.320 e. The molecule has 0 spiro atoms. The molecule has 100 valence electrons. The largest absolute Gasteiger partial charge is 0.480 e. The molecule has 17 heavy (non-hydrogen) atoms. The number of carboxylic acids is 1. The minimum absolute atomic E-state index is 0.141. The molecule has 4 heteroatoms. The van der Waals surface area contributed by atoms with Gasteiger partial charge in [0, 0.05) is 14.1 Å². The zero-order valence-electron chi connectivity index (χ0n) is 12.0. The highest BCUT2D eigenvalue weighted by molar-refractivity contribution is 6.76. The minimum Gasteiger partial charge on any atom is -0.480 e. The Hall–Kier alpha value is -0.353. The number of aliphatic carboxylic acids is 1. The fourth-order valence-corrected chi connectivity index (χ4v) is 4.70. The molecule has 0 unspecified atom stereocenters. The van der Waals surface area contributed by atoms with Crippen LogP contribution in [0.1, 0.15) is 27.2 Å². The molecule has 1 aliphatic heterocycles. The Labute approximate surface area is 106 Å². The van der Waals surface area contributed by atoms with E-state index in [1.165, 1.54) is 0 Å². The van der Waals surface area contributed by atoms with Gasteiger partial charge in [0.25, 0.3) is 0 Å². The van der Waals surface area contributed by atoms with Gasteiger partial charge in [0.1, 0.15) is 6.04 Å².